The number of likely N-dealkylation sites (N-methyl/N-ethyl adjacent to an activating group) is 1. The van der Waals surface area contributed by atoms with Crippen molar-refractivity contribution in [3.63, 3.8) is 0 Å². The van der Waals surface area contributed by atoms with E-state index in [1.54, 1.807) is 27.8 Å². The fourth-order valence-corrected chi connectivity index (χ4v) is 2.88. The van der Waals surface area contributed by atoms with Gasteiger partial charge in [0.15, 0.2) is 0 Å². The number of carbonyl (C=O) groups is 2. The summed E-state index contributed by atoms with van der Waals surface area (Å²) in [6, 6.07) is 8.83. The molecule has 0 fully saturated rings. The lowest BCUT2D eigenvalue weighted by molar-refractivity contribution is -0.158. The average Bonchev–Trinajstić information content (AvgIpc) is 2.58. The van der Waals surface area contributed by atoms with E-state index >= 15 is 0 Å². The highest BCUT2D eigenvalue weighted by molar-refractivity contribution is 5.71. The SMILES string of the molecule is CC[C@H](C)[C@@H]([C@@H](O)CC(=O)OC(C)(C)C)N(C)C(=O)OCc1ccccc1. The molecule has 0 heterocycles. The molecule has 0 saturated heterocycles. The third kappa shape index (κ3) is 7.99. The molecule has 1 aromatic carbocycles. The molecule has 0 aliphatic rings. The number of amides is 1. The van der Waals surface area contributed by atoms with E-state index < -0.39 is 29.8 Å². The number of hydrogen-bond acceptors (Lipinski definition) is 5. The quantitative estimate of drug-likeness (QED) is 0.696. The number of rotatable bonds is 8. The summed E-state index contributed by atoms with van der Waals surface area (Å²) in [5, 5.41) is 10.6. The van der Waals surface area contributed by atoms with E-state index in [1.807, 2.05) is 44.2 Å². The summed E-state index contributed by atoms with van der Waals surface area (Å²) in [5.41, 5.74) is 0.261. The highest BCUT2D eigenvalue weighted by atomic mass is 16.6. The Morgan fingerprint density at radius 3 is 2.30 bits per heavy atom. The Balaban J connectivity index is 2.75. The fraction of sp³-hybridized carbons (Fsp3) is 0.619. The van der Waals surface area contributed by atoms with Crippen molar-refractivity contribution in [2.45, 2.75) is 71.8 Å². The van der Waals surface area contributed by atoms with Crippen LogP contribution in [0.5, 0.6) is 0 Å². The average molecular weight is 379 g/mol. The normalized spacial score (nSPS) is 14.8. The second kappa shape index (κ2) is 10.3. The van der Waals surface area contributed by atoms with E-state index in [9.17, 15) is 14.7 Å². The Labute approximate surface area is 162 Å². The number of esters is 1. The van der Waals surface area contributed by atoms with E-state index in [1.165, 1.54) is 4.90 Å². The molecule has 0 bridgehead atoms. The smallest absolute Gasteiger partial charge is 0.410 e. The molecule has 1 rings (SSSR count). The van der Waals surface area contributed by atoms with E-state index in [0.29, 0.717) is 0 Å². The molecule has 0 radical (unpaired) electrons. The van der Waals surface area contributed by atoms with Gasteiger partial charge in [-0.15, -0.1) is 0 Å². The molecule has 1 N–H and O–H groups in total. The van der Waals surface area contributed by atoms with Crippen LogP contribution in [-0.4, -0.2) is 46.9 Å². The van der Waals surface area contributed by atoms with Crippen LogP contribution in [0.3, 0.4) is 0 Å². The monoisotopic (exact) mass is 379 g/mol. The molecular formula is C21H33NO5. The third-order valence-electron chi connectivity index (χ3n) is 4.36. The zero-order chi connectivity index (χ0) is 20.6. The molecule has 0 saturated carbocycles. The number of hydrogen-bond donors (Lipinski definition) is 1. The number of benzene rings is 1. The van der Waals surface area contributed by atoms with Gasteiger partial charge in [0.2, 0.25) is 0 Å². The Morgan fingerprint density at radius 1 is 1.19 bits per heavy atom. The molecule has 1 amide bonds. The van der Waals surface area contributed by atoms with Gasteiger partial charge in [-0.05, 0) is 32.3 Å². The van der Waals surface area contributed by atoms with Gasteiger partial charge < -0.3 is 19.5 Å². The molecule has 0 aliphatic heterocycles. The van der Waals surface area contributed by atoms with Crippen molar-refractivity contribution in [2.75, 3.05) is 7.05 Å². The van der Waals surface area contributed by atoms with Crippen molar-refractivity contribution >= 4 is 12.1 Å². The van der Waals surface area contributed by atoms with Crippen LogP contribution in [0.4, 0.5) is 4.79 Å². The summed E-state index contributed by atoms with van der Waals surface area (Å²) in [4.78, 5) is 25.9. The molecule has 0 aromatic heterocycles. The van der Waals surface area contributed by atoms with Crippen LogP contribution in [0.15, 0.2) is 30.3 Å². The number of carbonyl (C=O) groups excluding carboxylic acids is 2. The van der Waals surface area contributed by atoms with Crippen LogP contribution >= 0.6 is 0 Å². The Hall–Kier alpha value is -2.08. The second-order valence-corrected chi connectivity index (χ2v) is 7.89. The minimum Gasteiger partial charge on any atom is -0.460 e. The van der Waals surface area contributed by atoms with Crippen molar-refractivity contribution in [1.29, 1.82) is 0 Å². The summed E-state index contributed by atoms with van der Waals surface area (Å²) in [7, 11) is 1.59. The van der Waals surface area contributed by atoms with E-state index in [2.05, 4.69) is 0 Å². The summed E-state index contributed by atoms with van der Waals surface area (Å²) in [6.07, 6.45) is -1.01. The first-order valence-corrected chi connectivity index (χ1v) is 9.38. The highest BCUT2D eigenvalue weighted by Gasteiger charge is 2.34. The largest absolute Gasteiger partial charge is 0.460 e. The van der Waals surface area contributed by atoms with Crippen LogP contribution in [0.1, 0.15) is 53.0 Å². The van der Waals surface area contributed by atoms with Gasteiger partial charge in [0.1, 0.15) is 12.2 Å². The predicted molar refractivity (Wildman–Crippen MR) is 104 cm³/mol. The molecular weight excluding hydrogens is 346 g/mol. The van der Waals surface area contributed by atoms with E-state index in [0.717, 1.165) is 12.0 Å². The zero-order valence-corrected chi connectivity index (χ0v) is 17.3. The first-order chi connectivity index (χ1) is 12.5. The lowest BCUT2D eigenvalue weighted by Gasteiger charge is -2.35. The van der Waals surface area contributed by atoms with Crippen LogP contribution in [0.2, 0.25) is 0 Å². The Morgan fingerprint density at radius 2 is 1.78 bits per heavy atom. The number of nitrogens with zero attached hydrogens (tertiary/aromatic N) is 1. The van der Waals surface area contributed by atoms with Crippen molar-refractivity contribution < 1.29 is 24.2 Å². The predicted octanol–water partition coefficient (Wildman–Crippen LogP) is 3.76. The van der Waals surface area contributed by atoms with Gasteiger partial charge in [-0.3, -0.25) is 4.79 Å². The molecule has 3 atom stereocenters. The van der Waals surface area contributed by atoms with E-state index in [-0.39, 0.29) is 18.9 Å². The Kier molecular flexibility index (Phi) is 8.76. The lowest BCUT2D eigenvalue weighted by Crippen LogP contribution is -2.49. The summed E-state index contributed by atoms with van der Waals surface area (Å²) < 4.78 is 10.6. The second-order valence-electron chi connectivity index (χ2n) is 7.89. The minimum atomic E-state index is -1.04. The van der Waals surface area contributed by atoms with Gasteiger partial charge in [0.25, 0.3) is 0 Å². The molecule has 1 aromatic rings. The van der Waals surface area contributed by atoms with E-state index in [4.69, 9.17) is 9.47 Å². The first-order valence-electron chi connectivity index (χ1n) is 9.38. The minimum absolute atomic E-state index is 0.0169. The Bertz CT molecular complexity index is 596. The zero-order valence-electron chi connectivity index (χ0n) is 17.3. The molecule has 0 unspecified atom stereocenters. The fourth-order valence-electron chi connectivity index (χ4n) is 2.88. The summed E-state index contributed by atoms with van der Waals surface area (Å²) in [5.74, 6) is -0.508. The van der Waals surface area contributed by atoms with Crippen molar-refractivity contribution in [3.05, 3.63) is 35.9 Å². The van der Waals surface area contributed by atoms with Crippen LogP contribution < -0.4 is 0 Å². The van der Waals surface area contributed by atoms with Crippen LogP contribution in [0, 0.1) is 5.92 Å². The molecule has 0 spiro atoms. The van der Waals surface area contributed by atoms with Crippen molar-refractivity contribution in [2.24, 2.45) is 5.92 Å². The van der Waals surface area contributed by atoms with Crippen LogP contribution in [0.25, 0.3) is 0 Å². The summed E-state index contributed by atoms with van der Waals surface area (Å²) in [6.45, 7) is 9.38. The summed E-state index contributed by atoms with van der Waals surface area (Å²) >= 11 is 0. The third-order valence-corrected chi connectivity index (χ3v) is 4.36. The topological polar surface area (TPSA) is 76.1 Å². The van der Waals surface area contributed by atoms with Gasteiger partial charge in [0, 0.05) is 7.05 Å². The van der Waals surface area contributed by atoms with Gasteiger partial charge in [-0.2, -0.15) is 0 Å². The maximum absolute atomic E-state index is 12.5. The molecule has 152 valence electrons. The van der Waals surface area contributed by atoms with Gasteiger partial charge in [-0.25, -0.2) is 4.79 Å². The number of ether oxygens (including phenoxy) is 2. The van der Waals surface area contributed by atoms with Gasteiger partial charge >= 0.3 is 12.1 Å². The molecule has 27 heavy (non-hydrogen) atoms. The molecule has 6 nitrogen and oxygen atoms in total. The highest BCUT2D eigenvalue weighted by Crippen LogP contribution is 2.21. The maximum atomic E-state index is 12.5. The number of aliphatic hydroxyl groups excluding tert-OH is 1. The molecule has 6 heteroatoms. The standard InChI is InChI=1S/C21H33NO5/c1-7-15(2)19(17(23)13-18(24)27-21(3,4)5)22(6)20(25)26-14-16-11-9-8-10-12-16/h8-12,15,17,19,23H,7,13-14H2,1-6H3/t15-,17-,19-/m0/s1. The van der Waals surface area contributed by atoms with Crippen molar-refractivity contribution in [3.8, 4) is 0 Å². The lowest BCUT2D eigenvalue weighted by atomic mass is 9.91. The first kappa shape index (κ1) is 23.0. The maximum Gasteiger partial charge on any atom is 0.410 e. The molecule has 0 aliphatic carbocycles. The van der Waals surface area contributed by atoms with Gasteiger partial charge in [-0.1, -0.05) is 50.6 Å². The number of aliphatic hydroxyl groups is 1. The van der Waals surface area contributed by atoms with Crippen molar-refractivity contribution in [1.82, 2.24) is 4.90 Å². The van der Waals surface area contributed by atoms with Gasteiger partial charge in [0.05, 0.1) is 18.6 Å². The van der Waals surface area contributed by atoms with Crippen LogP contribution in [-0.2, 0) is 20.9 Å².